The second-order valence-electron chi connectivity index (χ2n) is 9.92. The molecule has 0 amide bonds. The van der Waals surface area contributed by atoms with Gasteiger partial charge in [0.1, 0.15) is 17.5 Å². The lowest BCUT2D eigenvalue weighted by Gasteiger charge is -2.44. The molecule has 3 aromatic rings. The summed E-state index contributed by atoms with van der Waals surface area (Å²) in [6.07, 6.45) is 2.51. The Balaban J connectivity index is 1.39. The van der Waals surface area contributed by atoms with Gasteiger partial charge in [0, 0.05) is 41.9 Å². The second kappa shape index (κ2) is 10.6. The van der Waals surface area contributed by atoms with Gasteiger partial charge in [0.2, 0.25) is 0 Å². The van der Waals surface area contributed by atoms with Gasteiger partial charge in [0.05, 0.1) is 28.2 Å². The zero-order chi connectivity index (χ0) is 28.1. The Morgan fingerprint density at radius 3 is 2.56 bits per heavy atom. The van der Waals surface area contributed by atoms with Crippen molar-refractivity contribution in [3.05, 3.63) is 58.4 Å². The molecule has 39 heavy (non-hydrogen) atoms. The minimum Gasteiger partial charge on any atom is -0.350 e. The van der Waals surface area contributed by atoms with Crippen LogP contribution in [0.4, 0.5) is 24.7 Å². The standard InChI is InChI=1S/C25H27F3N6O2S3/c1-14(2)38(35)24-31-20(12-37-24)39(36)32-19-10-16(26)8-15(3)21(19)22(29)34-7-6-33(13-25(34)4-5-25)23-18(28)9-17(27)11-30-23/h8-12,14,29,32H,4-7,13H2,1-3H3. The summed E-state index contributed by atoms with van der Waals surface area (Å²) >= 11 is 1.15. The van der Waals surface area contributed by atoms with Gasteiger partial charge in [0.15, 0.2) is 32.0 Å². The number of rotatable bonds is 7. The third-order valence-corrected chi connectivity index (χ3v) is 10.7. The number of benzene rings is 1. The first kappa shape index (κ1) is 27.7. The number of nitrogens with one attached hydrogen (secondary N) is 2. The van der Waals surface area contributed by atoms with Crippen molar-refractivity contribution >= 4 is 50.5 Å². The van der Waals surface area contributed by atoms with Crippen LogP contribution in [0.1, 0.15) is 37.8 Å². The van der Waals surface area contributed by atoms with E-state index in [4.69, 9.17) is 5.41 Å². The van der Waals surface area contributed by atoms with Gasteiger partial charge in [-0.15, -0.1) is 11.3 Å². The molecule has 2 fully saturated rings. The van der Waals surface area contributed by atoms with Crippen LogP contribution in [0.2, 0.25) is 0 Å². The van der Waals surface area contributed by atoms with Crippen molar-refractivity contribution in [1.82, 2.24) is 14.9 Å². The van der Waals surface area contributed by atoms with Crippen molar-refractivity contribution in [2.75, 3.05) is 29.3 Å². The first-order valence-corrected chi connectivity index (χ1v) is 15.5. The lowest BCUT2D eigenvalue weighted by atomic mass is 10.0. The van der Waals surface area contributed by atoms with Crippen LogP contribution < -0.4 is 9.62 Å². The molecule has 0 bridgehead atoms. The molecule has 0 radical (unpaired) electrons. The van der Waals surface area contributed by atoms with Crippen LogP contribution in [0.25, 0.3) is 0 Å². The van der Waals surface area contributed by atoms with Gasteiger partial charge in [0.25, 0.3) is 0 Å². The summed E-state index contributed by atoms with van der Waals surface area (Å²) < 4.78 is 71.0. The average molecular weight is 597 g/mol. The molecule has 5 rings (SSSR count). The molecule has 1 spiro atoms. The van der Waals surface area contributed by atoms with Crippen molar-refractivity contribution in [1.29, 1.82) is 5.41 Å². The molecule has 208 valence electrons. The highest BCUT2D eigenvalue weighted by atomic mass is 32.2. The van der Waals surface area contributed by atoms with Crippen LogP contribution in [-0.2, 0) is 21.8 Å². The van der Waals surface area contributed by atoms with Crippen LogP contribution in [0.15, 0.2) is 39.1 Å². The highest BCUT2D eigenvalue weighted by molar-refractivity contribution is 7.88. The van der Waals surface area contributed by atoms with Crippen LogP contribution in [0, 0.1) is 29.8 Å². The Bertz CT molecular complexity index is 1490. The molecule has 14 heteroatoms. The maximum absolute atomic E-state index is 14.5. The Labute approximate surface area is 233 Å². The molecule has 1 aliphatic heterocycles. The quantitative estimate of drug-likeness (QED) is 0.306. The number of anilines is 2. The molecule has 2 N–H and O–H groups in total. The number of hydrogen-bond donors (Lipinski definition) is 2. The summed E-state index contributed by atoms with van der Waals surface area (Å²) in [5.74, 6) is -1.82. The van der Waals surface area contributed by atoms with E-state index in [0.717, 1.165) is 36.4 Å². The van der Waals surface area contributed by atoms with Crippen LogP contribution in [0.3, 0.4) is 0 Å². The van der Waals surface area contributed by atoms with E-state index < -0.39 is 44.8 Å². The molecular weight excluding hydrogens is 570 g/mol. The molecule has 8 nitrogen and oxygen atoms in total. The molecule has 3 heterocycles. The second-order valence-corrected chi connectivity index (χ2v) is 14.1. The van der Waals surface area contributed by atoms with Gasteiger partial charge >= 0.3 is 0 Å². The zero-order valence-electron chi connectivity index (χ0n) is 21.5. The number of aryl methyl sites for hydroxylation is 1. The third kappa shape index (κ3) is 5.46. The average Bonchev–Trinajstić information content (AvgIpc) is 3.43. The van der Waals surface area contributed by atoms with Gasteiger partial charge in [-0.1, -0.05) is 13.8 Å². The maximum Gasteiger partial charge on any atom is 0.182 e. The topological polar surface area (TPSA) is 102 Å². The van der Waals surface area contributed by atoms with Gasteiger partial charge in [-0.3, -0.25) is 14.3 Å². The van der Waals surface area contributed by atoms with Gasteiger partial charge in [-0.25, -0.2) is 27.3 Å². The number of thiazole rings is 1. The number of amidine groups is 1. The van der Waals surface area contributed by atoms with E-state index in [1.807, 2.05) is 4.90 Å². The smallest absolute Gasteiger partial charge is 0.182 e. The Kier molecular flexibility index (Phi) is 7.55. The van der Waals surface area contributed by atoms with E-state index in [9.17, 15) is 21.6 Å². The van der Waals surface area contributed by atoms with Crippen molar-refractivity contribution in [2.24, 2.45) is 0 Å². The largest absolute Gasteiger partial charge is 0.350 e. The summed E-state index contributed by atoms with van der Waals surface area (Å²) in [6, 6.07) is 3.32. The van der Waals surface area contributed by atoms with E-state index in [-0.39, 0.29) is 27.6 Å². The molecule has 2 aliphatic rings. The van der Waals surface area contributed by atoms with Gasteiger partial charge < -0.3 is 9.80 Å². The molecule has 1 aromatic carbocycles. The van der Waals surface area contributed by atoms with Gasteiger partial charge in [-0.2, -0.15) is 0 Å². The van der Waals surface area contributed by atoms with E-state index in [1.54, 1.807) is 31.1 Å². The summed E-state index contributed by atoms with van der Waals surface area (Å²) in [5, 5.41) is 10.7. The highest BCUT2D eigenvalue weighted by Crippen LogP contribution is 2.46. The molecule has 1 aliphatic carbocycles. The molecule has 1 saturated heterocycles. The fourth-order valence-electron chi connectivity index (χ4n) is 4.77. The van der Waals surface area contributed by atoms with Crippen molar-refractivity contribution in [3.63, 3.8) is 0 Å². The van der Waals surface area contributed by atoms with E-state index in [1.165, 1.54) is 12.1 Å². The summed E-state index contributed by atoms with van der Waals surface area (Å²) in [5.41, 5.74) is 0.625. The minimum atomic E-state index is -1.89. The van der Waals surface area contributed by atoms with Crippen LogP contribution in [-0.4, -0.2) is 59.5 Å². The Morgan fingerprint density at radius 1 is 1.15 bits per heavy atom. The van der Waals surface area contributed by atoms with Crippen LogP contribution >= 0.6 is 11.3 Å². The first-order valence-electron chi connectivity index (χ1n) is 12.3. The lowest BCUT2D eigenvalue weighted by Crippen LogP contribution is -2.57. The molecule has 2 atom stereocenters. The Morgan fingerprint density at radius 2 is 1.90 bits per heavy atom. The highest BCUT2D eigenvalue weighted by Gasteiger charge is 2.53. The Hall–Kier alpha value is -2.84. The normalized spacial score (nSPS) is 17.9. The predicted octanol–water partition coefficient (Wildman–Crippen LogP) is 4.59. The minimum absolute atomic E-state index is 0.0746. The summed E-state index contributed by atoms with van der Waals surface area (Å²) in [4.78, 5) is 11.9. The predicted molar refractivity (Wildman–Crippen MR) is 147 cm³/mol. The van der Waals surface area contributed by atoms with E-state index in [2.05, 4.69) is 14.7 Å². The fourth-order valence-corrected chi connectivity index (χ4v) is 8.11. The molecule has 2 unspecified atom stereocenters. The number of halogens is 3. The monoisotopic (exact) mass is 596 g/mol. The van der Waals surface area contributed by atoms with Crippen LogP contribution in [0.5, 0.6) is 0 Å². The van der Waals surface area contributed by atoms with Crippen molar-refractivity contribution < 1.29 is 21.6 Å². The van der Waals surface area contributed by atoms with Crippen molar-refractivity contribution in [3.8, 4) is 0 Å². The number of aromatic nitrogens is 2. The van der Waals surface area contributed by atoms with Gasteiger partial charge in [-0.05, 0) is 37.5 Å². The first-order chi connectivity index (χ1) is 18.5. The number of hydrogen-bond acceptors (Lipinski definition) is 7. The van der Waals surface area contributed by atoms with E-state index >= 15 is 0 Å². The summed E-state index contributed by atoms with van der Waals surface area (Å²) in [7, 11) is -3.21. The lowest BCUT2D eigenvalue weighted by molar-refractivity contribution is 0.257. The molecule has 2 aromatic heterocycles. The third-order valence-electron chi connectivity index (χ3n) is 6.83. The van der Waals surface area contributed by atoms with E-state index in [0.29, 0.717) is 35.1 Å². The summed E-state index contributed by atoms with van der Waals surface area (Å²) in [6.45, 7) is 6.41. The number of piperazine rings is 1. The zero-order valence-corrected chi connectivity index (χ0v) is 23.9. The fraction of sp³-hybridized carbons (Fsp3) is 0.400. The number of nitrogens with zero attached hydrogens (tertiary/aromatic N) is 4. The molecular formula is C25H27F3N6O2S3. The number of pyridine rings is 1. The molecule has 1 saturated carbocycles. The van der Waals surface area contributed by atoms with Crippen molar-refractivity contribution in [2.45, 2.75) is 53.8 Å². The SMILES string of the molecule is Cc1cc(F)cc(NS(=O)c2csc(S(=O)C(C)C)n2)c1C(=N)N1CCN(c2ncc(F)cc2F)CC12CC2. The maximum atomic E-state index is 14.5.